The van der Waals surface area contributed by atoms with Crippen LogP contribution in [0.3, 0.4) is 0 Å². The fraction of sp³-hybridized carbons (Fsp3) is 0.588. The van der Waals surface area contributed by atoms with Crippen LogP contribution in [0.15, 0.2) is 18.2 Å². The minimum absolute atomic E-state index is 0.177. The van der Waals surface area contributed by atoms with E-state index in [1.807, 2.05) is 19.0 Å². The van der Waals surface area contributed by atoms with Crippen molar-refractivity contribution in [2.75, 3.05) is 58.3 Å². The Hall–Kier alpha value is -1.66. The average molecular weight is 320 g/mol. The summed E-state index contributed by atoms with van der Waals surface area (Å²) in [6.07, 6.45) is 0.975. The van der Waals surface area contributed by atoms with Crippen molar-refractivity contribution < 1.29 is 9.18 Å². The highest BCUT2D eigenvalue weighted by molar-refractivity contribution is 5.95. The second kappa shape index (κ2) is 6.84. The van der Waals surface area contributed by atoms with E-state index in [0.717, 1.165) is 38.3 Å². The first-order valence-corrected chi connectivity index (χ1v) is 8.27. The summed E-state index contributed by atoms with van der Waals surface area (Å²) >= 11 is 0. The van der Waals surface area contributed by atoms with Gasteiger partial charge in [-0.3, -0.25) is 9.69 Å². The van der Waals surface area contributed by atoms with Gasteiger partial charge in [-0.15, -0.1) is 0 Å². The maximum absolute atomic E-state index is 14.3. The molecule has 1 aromatic rings. The van der Waals surface area contributed by atoms with E-state index in [0.29, 0.717) is 19.1 Å². The second-order valence-electron chi connectivity index (χ2n) is 6.54. The predicted molar refractivity (Wildman–Crippen MR) is 89.5 cm³/mol. The lowest BCUT2D eigenvalue weighted by Crippen LogP contribution is -2.49. The quantitative estimate of drug-likeness (QED) is 0.902. The average Bonchev–Trinajstić information content (AvgIpc) is 3.05. The van der Waals surface area contributed by atoms with Crippen molar-refractivity contribution in [2.24, 2.45) is 0 Å². The molecule has 2 aliphatic rings. The van der Waals surface area contributed by atoms with Crippen LogP contribution in [0.5, 0.6) is 0 Å². The third kappa shape index (κ3) is 3.48. The molecule has 1 amide bonds. The first-order chi connectivity index (χ1) is 11.1. The molecule has 1 aromatic carbocycles. The zero-order chi connectivity index (χ0) is 16.4. The van der Waals surface area contributed by atoms with Gasteiger partial charge in [-0.1, -0.05) is 0 Å². The zero-order valence-corrected chi connectivity index (χ0v) is 13.9. The first kappa shape index (κ1) is 16.2. The Bertz CT molecular complexity index is 572. The van der Waals surface area contributed by atoms with Gasteiger partial charge in [0.15, 0.2) is 0 Å². The van der Waals surface area contributed by atoms with Crippen molar-refractivity contribution in [2.45, 2.75) is 12.5 Å². The number of likely N-dealkylation sites (tertiary alicyclic amines) is 1. The summed E-state index contributed by atoms with van der Waals surface area (Å²) in [5.74, 6) is -0.628. The summed E-state index contributed by atoms with van der Waals surface area (Å²) < 4.78 is 14.3. The molecule has 1 atom stereocenters. The summed E-state index contributed by atoms with van der Waals surface area (Å²) in [5, 5.41) is 3.34. The molecule has 6 heteroatoms. The van der Waals surface area contributed by atoms with Gasteiger partial charge in [0.1, 0.15) is 5.82 Å². The van der Waals surface area contributed by atoms with Crippen LogP contribution in [0.1, 0.15) is 16.8 Å². The summed E-state index contributed by atoms with van der Waals surface area (Å²) in [7, 11) is 3.71. The van der Waals surface area contributed by atoms with E-state index in [2.05, 4.69) is 10.2 Å². The number of nitrogens with one attached hydrogen (secondary N) is 1. The van der Waals surface area contributed by atoms with E-state index in [9.17, 15) is 9.18 Å². The van der Waals surface area contributed by atoms with E-state index < -0.39 is 5.82 Å². The fourth-order valence-corrected chi connectivity index (χ4v) is 3.40. The van der Waals surface area contributed by atoms with E-state index in [-0.39, 0.29) is 11.5 Å². The van der Waals surface area contributed by atoms with Gasteiger partial charge >= 0.3 is 0 Å². The number of benzene rings is 1. The van der Waals surface area contributed by atoms with Crippen LogP contribution in [0.2, 0.25) is 0 Å². The molecule has 5 nitrogen and oxygen atoms in total. The Morgan fingerprint density at radius 1 is 1.26 bits per heavy atom. The van der Waals surface area contributed by atoms with Crippen LogP contribution < -0.4 is 10.2 Å². The van der Waals surface area contributed by atoms with Crippen molar-refractivity contribution in [3.8, 4) is 0 Å². The molecule has 3 rings (SSSR count). The Morgan fingerprint density at radius 2 is 2.00 bits per heavy atom. The monoisotopic (exact) mass is 320 g/mol. The Labute approximate surface area is 137 Å². The van der Waals surface area contributed by atoms with Crippen LogP contribution in [-0.4, -0.2) is 75.1 Å². The number of halogens is 1. The number of amides is 1. The Morgan fingerprint density at radius 3 is 2.65 bits per heavy atom. The highest BCUT2D eigenvalue weighted by Crippen LogP contribution is 2.22. The molecule has 0 radical (unpaired) electrons. The number of hydrogen-bond donors (Lipinski definition) is 1. The largest absolute Gasteiger partial charge is 0.378 e. The minimum atomic E-state index is -0.438. The molecule has 0 aromatic heterocycles. The molecule has 2 heterocycles. The molecule has 1 N–H and O–H groups in total. The number of nitrogens with zero attached hydrogens (tertiary/aromatic N) is 3. The normalized spacial score (nSPS) is 22.4. The molecule has 126 valence electrons. The molecule has 1 unspecified atom stereocenters. The molecular formula is C17H25FN4O. The SMILES string of the molecule is CN(C)c1ccc(C(=O)N2CCC(N3CCNCC3)C2)c(F)c1. The topological polar surface area (TPSA) is 38.8 Å². The van der Waals surface area contributed by atoms with Crippen LogP contribution >= 0.6 is 0 Å². The molecule has 2 fully saturated rings. The van der Waals surface area contributed by atoms with E-state index in [4.69, 9.17) is 0 Å². The maximum Gasteiger partial charge on any atom is 0.256 e. The molecule has 23 heavy (non-hydrogen) atoms. The van der Waals surface area contributed by atoms with Gasteiger partial charge in [0.25, 0.3) is 5.91 Å². The van der Waals surface area contributed by atoms with E-state index in [1.54, 1.807) is 17.0 Å². The molecule has 0 bridgehead atoms. The molecular weight excluding hydrogens is 295 g/mol. The second-order valence-corrected chi connectivity index (χ2v) is 6.54. The smallest absolute Gasteiger partial charge is 0.256 e. The predicted octanol–water partition coefficient (Wildman–Crippen LogP) is 1.01. The molecule has 0 aliphatic carbocycles. The van der Waals surface area contributed by atoms with Crippen molar-refractivity contribution in [1.29, 1.82) is 0 Å². The maximum atomic E-state index is 14.3. The van der Waals surface area contributed by atoms with Crippen LogP contribution in [0.25, 0.3) is 0 Å². The van der Waals surface area contributed by atoms with Gasteiger partial charge in [-0.2, -0.15) is 0 Å². The summed E-state index contributed by atoms with van der Waals surface area (Å²) in [6, 6.07) is 5.23. The van der Waals surface area contributed by atoms with E-state index >= 15 is 0 Å². The molecule has 0 spiro atoms. The van der Waals surface area contributed by atoms with Crippen LogP contribution in [-0.2, 0) is 0 Å². The number of piperazine rings is 1. The minimum Gasteiger partial charge on any atom is -0.378 e. The number of carbonyl (C=O) groups is 1. The molecule has 2 saturated heterocycles. The van der Waals surface area contributed by atoms with Crippen LogP contribution in [0.4, 0.5) is 10.1 Å². The van der Waals surface area contributed by atoms with Gasteiger partial charge in [0.05, 0.1) is 5.56 Å². The lowest BCUT2D eigenvalue weighted by molar-refractivity contribution is 0.0769. The third-order valence-corrected chi connectivity index (χ3v) is 4.82. The van der Waals surface area contributed by atoms with Gasteiger partial charge in [-0.05, 0) is 24.6 Å². The number of carbonyl (C=O) groups excluding carboxylic acids is 1. The summed E-state index contributed by atoms with van der Waals surface area (Å²) in [4.78, 5) is 18.7. The van der Waals surface area contributed by atoms with Gasteiger partial charge in [-0.25, -0.2) is 4.39 Å². The first-order valence-electron chi connectivity index (χ1n) is 8.27. The van der Waals surface area contributed by atoms with Crippen molar-refractivity contribution in [3.05, 3.63) is 29.6 Å². The van der Waals surface area contributed by atoms with Crippen molar-refractivity contribution in [1.82, 2.24) is 15.1 Å². The highest BCUT2D eigenvalue weighted by atomic mass is 19.1. The summed E-state index contributed by atoms with van der Waals surface area (Å²) in [6.45, 7) is 5.48. The van der Waals surface area contributed by atoms with Gasteiger partial charge in [0.2, 0.25) is 0 Å². The van der Waals surface area contributed by atoms with E-state index in [1.165, 1.54) is 6.07 Å². The van der Waals surface area contributed by atoms with Crippen LogP contribution in [0, 0.1) is 5.82 Å². The highest BCUT2D eigenvalue weighted by Gasteiger charge is 2.32. The fourth-order valence-electron chi connectivity index (χ4n) is 3.40. The number of anilines is 1. The van der Waals surface area contributed by atoms with Crippen molar-refractivity contribution in [3.63, 3.8) is 0 Å². The number of hydrogen-bond acceptors (Lipinski definition) is 4. The third-order valence-electron chi connectivity index (χ3n) is 4.82. The lowest BCUT2D eigenvalue weighted by Gasteiger charge is -2.32. The van der Waals surface area contributed by atoms with Gasteiger partial charge < -0.3 is 15.1 Å². The Kier molecular flexibility index (Phi) is 4.82. The van der Waals surface area contributed by atoms with Crippen molar-refractivity contribution >= 4 is 11.6 Å². The van der Waals surface area contributed by atoms with Gasteiger partial charge in [0, 0.05) is 65.1 Å². The molecule has 2 aliphatic heterocycles. The summed E-state index contributed by atoms with van der Waals surface area (Å²) in [5.41, 5.74) is 0.940. The zero-order valence-electron chi connectivity index (χ0n) is 13.9. The lowest BCUT2D eigenvalue weighted by atomic mass is 10.1. The Balaban J connectivity index is 1.67. The molecule has 0 saturated carbocycles. The standard InChI is InChI=1S/C17H25FN4O/c1-20(2)13-3-4-15(16(18)11-13)17(23)22-8-5-14(12-22)21-9-6-19-7-10-21/h3-4,11,14,19H,5-10,12H2,1-2H3. The number of rotatable bonds is 3.